The van der Waals surface area contributed by atoms with E-state index in [1.165, 1.54) is 11.3 Å². The van der Waals surface area contributed by atoms with Crippen LogP contribution in [0.4, 0.5) is 5.82 Å². The highest BCUT2D eigenvalue weighted by Crippen LogP contribution is 2.12. The molecule has 1 aliphatic rings. The molecule has 1 unspecified atom stereocenters. The van der Waals surface area contributed by atoms with Gasteiger partial charge >= 0.3 is 0 Å². The maximum Gasteiger partial charge on any atom is 0.252 e. The van der Waals surface area contributed by atoms with Crippen molar-refractivity contribution in [3.05, 3.63) is 46.8 Å². The smallest absolute Gasteiger partial charge is 0.252 e. The molecule has 156 valence electrons. The predicted octanol–water partition coefficient (Wildman–Crippen LogP) is 1.98. The molecule has 1 atom stereocenters. The Bertz CT molecular complexity index is 761. The highest BCUT2D eigenvalue weighted by Gasteiger charge is 2.20. The summed E-state index contributed by atoms with van der Waals surface area (Å²) in [6.45, 7) is 7.21. The van der Waals surface area contributed by atoms with E-state index in [-0.39, 0.29) is 17.9 Å². The van der Waals surface area contributed by atoms with Crippen molar-refractivity contribution in [3.8, 4) is 0 Å². The van der Waals surface area contributed by atoms with E-state index in [4.69, 9.17) is 0 Å². The summed E-state index contributed by atoms with van der Waals surface area (Å²) in [4.78, 5) is 33.1. The molecule has 1 saturated heterocycles. The van der Waals surface area contributed by atoms with Gasteiger partial charge in [-0.1, -0.05) is 6.07 Å². The molecule has 0 bridgehead atoms. The van der Waals surface area contributed by atoms with Crippen LogP contribution in [-0.2, 0) is 4.79 Å². The first-order chi connectivity index (χ1) is 14.1. The maximum atomic E-state index is 12.1. The third-order valence-corrected chi connectivity index (χ3v) is 5.62. The zero-order valence-electron chi connectivity index (χ0n) is 16.8. The molecule has 7 nitrogen and oxygen atoms in total. The van der Waals surface area contributed by atoms with Gasteiger partial charge in [0.2, 0.25) is 5.91 Å². The Balaban J connectivity index is 1.28. The minimum atomic E-state index is -0.0788. The summed E-state index contributed by atoms with van der Waals surface area (Å²) in [5.74, 6) is 0.985. The third kappa shape index (κ3) is 6.83. The van der Waals surface area contributed by atoms with Crippen LogP contribution in [0.2, 0.25) is 0 Å². The second-order valence-electron chi connectivity index (χ2n) is 7.32. The number of nitrogens with zero attached hydrogens (tertiary/aromatic N) is 3. The average molecular weight is 416 g/mol. The zero-order chi connectivity index (χ0) is 20.5. The van der Waals surface area contributed by atoms with Gasteiger partial charge in [-0.15, -0.1) is 0 Å². The molecule has 8 heteroatoms. The highest BCUT2D eigenvalue weighted by atomic mass is 32.1. The van der Waals surface area contributed by atoms with Crippen molar-refractivity contribution in [2.75, 3.05) is 44.2 Å². The Morgan fingerprint density at radius 2 is 2.03 bits per heavy atom. The standard InChI is InChI=1S/C21H29N5O2S/c1-17(15-25-10-12-26(13-11-25)19-5-2-3-8-22-19)24-20(27)6-4-9-23-21(28)18-7-14-29-16-18/h2-3,5,7-8,14,16-17H,4,6,9-13,15H2,1H3,(H,23,28)(H,24,27). The lowest BCUT2D eigenvalue weighted by Crippen LogP contribution is -2.51. The summed E-state index contributed by atoms with van der Waals surface area (Å²) >= 11 is 1.50. The minimum absolute atomic E-state index is 0.0365. The first-order valence-electron chi connectivity index (χ1n) is 10.1. The third-order valence-electron chi connectivity index (χ3n) is 4.93. The SMILES string of the molecule is CC(CN1CCN(c2ccccn2)CC1)NC(=O)CCCNC(=O)c1ccsc1. The van der Waals surface area contributed by atoms with Crippen LogP contribution in [0.5, 0.6) is 0 Å². The first kappa shape index (κ1) is 21.3. The lowest BCUT2D eigenvalue weighted by Gasteiger charge is -2.36. The van der Waals surface area contributed by atoms with Crippen molar-refractivity contribution >= 4 is 29.0 Å². The van der Waals surface area contributed by atoms with Gasteiger partial charge < -0.3 is 15.5 Å². The molecule has 29 heavy (non-hydrogen) atoms. The van der Waals surface area contributed by atoms with Gasteiger partial charge in [0.15, 0.2) is 0 Å². The van der Waals surface area contributed by atoms with Crippen molar-refractivity contribution in [3.63, 3.8) is 0 Å². The number of nitrogens with one attached hydrogen (secondary N) is 2. The normalized spacial score (nSPS) is 15.7. The van der Waals surface area contributed by atoms with E-state index in [1.807, 2.05) is 42.1 Å². The molecule has 1 aliphatic heterocycles. The van der Waals surface area contributed by atoms with Crippen LogP contribution in [0.3, 0.4) is 0 Å². The molecule has 0 aliphatic carbocycles. The number of carbonyl (C=O) groups excluding carboxylic acids is 2. The number of pyridine rings is 1. The lowest BCUT2D eigenvalue weighted by molar-refractivity contribution is -0.121. The van der Waals surface area contributed by atoms with Gasteiger partial charge in [-0.2, -0.15) is 11.3 Å². The topological polar surface area (TPSA) is 77.6 Å². The van der Waals surface area contributed by atoms with Crippen LogP contribution >= 0.6 is 11.3 Å². The molecule has 1 fully saturated rings. The van der Waals surface area contributed by atoms with Crippen LogP contribution in [0.25, 0.3) is 0 Å². The van der Waals surface area contributed by atoms with Gasteiger partial charge in [0.05, 0.1) is 0 Å². The number of amides is 2. The van der Waals surface area contributed by atoms with Crippen molar-refractivity contribution in [2.45, 2.75) is 25.8 Å². The van der Waals surface area contributed by atoms with Gasteiger partial charge in [-0.3, -0.25) is 14.5 Å². The molecule has 0 radical (unpaired) electrons. The van der Waals surface area contributed by atoms with E-state index in [0.717, 1.165) is 38.5 Å². The van der Waals surface area contributed by atoms with E-state index >= 15 is 0 Å². The monoisotopic (exact) mass is 415 g/mol. The summed E-state index contributed by atoms with van der Waals surface area (Å²) in [5.41, 5.74) is 0.677. The first-order valence-corrected chi connectivity index (χ1v) is 11.0. The summed E-state index contributed by atoms with van der Waals surface area (Å²) < 4.78 is 0. The van der Waals surface area contributed by atoms with E-state index in [9.17, 15) is 9.59 Å². The summed E-state index contributed by atoms with van der Waals surface area (Å²) in [6.07, 6.45) is 2.88. The average Bonchev–Trinajstić information content (AvgIpc) is 3.27. The largest absolute Gasteiger partial charge is 0.354 e. The molecule has 3 rings (SSSR count). The van der Waals surface area contributed by atoms with Crippen molar-refractivity contribution in [2.24, 2.45) is 0 Å². The van der Waals surface area contributed by atoms with Crippen LogP contribution < -0.4 is 15.5 Å². The van der Waals surface area contributed by atoms with Crippen molar-refractivity contribution < 1.29 is 9.59 Å². The lowest BCUT2D eigenvalue weighted by atomic mass is 10.2. The maximum absolute atomic E-state index is 12.1. The summed E-state index contributed by atoms with van der Waals surface area (Å²) in [6, 6.07) is 7.89. The Labute approximate surface area is 176 Å². The molecule has 2 aromatic rings. The fourth-order valence-electron chi connectivity index (χ4n) is 3.43. The number of anilines is 1. The Kier molecular flexibility index (Phi) is 8.01. The Morgan fingerprint density at radius 1 is 1.21 bits per heavy atom. The molecule has 0 aromatic carbocycles. The molecule has 0 spiro atoms. The summed E-state index contributed by atoms with van der Waals surface area (Å²) in [5, 5.41) is 9.61. The van der Waals surface area contributed by atoms with E-state index in [1.54, 1.807) is 6.07 Å². The van der Waals surface area contributed by atoms with Gasteiger partial charge in [0.25, 0.3) is 5.91 Å². The van der Waals surface area contributed by atoms with Crippen LogP contribution in [-0.4, -0.2) is 67.0 Å². The zero-order valence-corrected chi connectivity index (χ0v) is 17.7. The van der Waals surface area contributed by atoms with E-state index < -0.39 is 0 Å². The number of hydrogen-bond donors (Lipinski definition) is 2. The van der Waals surface area contributed by atoms with Gasteiger partial charge in [0.1, 0.15) is 5.82 Å². The fraction of sp³-hybridized carbons (Fsp3) is 0.476. The summed E-state index contributed by atoms with van der Waals surface area (Å²) in [7, 11) is 0. The molecule has 2 N–H and O–H groups in total. The number of piperazine rings is 1. The van der Waals surface area contributed by atoms with Crippen LogP contribution in [0, 0.1) is 0 Å². The molecule has 0 saturated carbocycles. The van der Waals surface area contributed by atoms with Crippen LogP contribution in [0.1, 0.15) is 30.1 Å². The van der Waals surface area contributed by atoms with Gasteiger partial charge in [-0.05, 0) is 36.9 Å². The van der Waals surface area contributed by atoms with Crippen LogP contribution in [0.15, 0.2) is 41.2 Å². The minimum Gasteiger partial charge on any atom is -0.354 e. The molecule has 2 aromatic heterocycles. The highest BCUT2D eigenvalue weighted by molar-refractivity contribution is 7.08. The fourth-order valence-corrected chi connectivity index (χ4v) is 4.06. The van der Waals surface area contributed by atoms with Gasteiger partial charge in [0, 0.05) is 68.9 Å². The molecular formula is C21H29N5O2S. The van der Waals surface area contributed by atoms with Gasteiger partial charge in [-0.25, -0.2) is 4.98 Å². The number of carbonyl (C=O) groups is 2. The Morgan fingerprint density at radius 3 is 2.72 bits per heavy atom. The molecular weight excluding hydrogens is 386 g/mol. The quantitative estimate of drug-likeness (QED) is 0.613. The predicted molar refractivity (Wildman–Crippen MR) is 116 cm³/mol. The van der Waals surface area contributed by atoms with Crippen molar-refractivity contribution in [1.82, 2.24) is 20.5 Å². The second kappa shape index (κ2) is 10.9. The second-order valence-corrected chi connectivity index (χ2v) is 8.10. The number of hydrogen-bond acceptors (Lipinski definition) is 6. The Hall–Kier alpha value is -2.45. The van der Waals surface area contributed by atoms with Crippen molar-refractivity contribution in [1.29, 1.82) is 0 Å². The number of aromatic nitrogens is 1. The molecule has 2 amide bonds. The van der Waals surface area contributed by atoms with E-state index in [2.05, 4.69) is 25.4 Å². The number of rotatable bonds is 9. The molecule has 3 heterocycles. The number of thiophene rings is 1. The van der Waals surface area contributed by atoms with E-state index in [0.29, 0.717) is 24.9 Å².